The molecule has 10 nitrogen and oxygen atoms in total. The molecule has 0 bridgehead atoms. The van der Waals surface area contributed by atoms with Gasteiger partial charge in [0.1, 0.15) is 23.3 Å². The fourth-order valence-electron chi connectivity index (χ4n) is 3.17. The summed E-state index contributed by atoms with van der Waals surface area (Å²) in [5, 5.41) is 14.1. The zero-order chi connectivity index (χ0) is 19.3. The van der Waals surface area contributed by atoms with Crippen molar-refractivity contribution in [3.8, 4) is 0 Å². The first-order valence-electron chi connectivity index (χ1n) is 7.66. The van der Waals surface area contributed by atoms with E-state index in [0.29, 0.717) is 22.8 Å². The number of aromatic nitrogens is 4. The Morgan fingerprint density at radius 3 is 1.89 bits per heavy atom. The molecule has 4 rings (SSSR count). The molecule has 0 spiro atoms. The van der Waals surface area contributed by atoms with Crippen LogP contribution in [-0.4, -0.2) is 24.9 Å². The Kier molecular flexibility index (Phi) is 3.86. The SMILES string of the molecule is Nc1nc(=S)[nH]c2c1C(c1ccc([N+](=O)[O-])cc1)c1c(N)nc(=S)[nH]c1N2. The fraction of sp³-hybridized carbons (Fsp3) is 0.0667. The lowest BCUT2D eigenvalue weighted by atomic mass is 9.83. The summed E-state index contributed by atoms with van der Waals surface area (Å²) in [4.78, 5) is 24.7. The maximum Gasteiger partial charge on any atom is 0.269 e. The van der Waals surface area contributed by atoms with Crippen LogP contribution in [0.25, 0.3) is 0 Å². The number of anilines is 4. The molecule has 1 aromatic carbocycles. The number of nitrogen functional groups attached to an aromatic ring is 2. The van der Waals surface area contributed by atoms with Gasteiger partial charge in [-0.3, -0.25) is 10.1 Å². The maximum atomic E-state index is 11.0. The number of nitro groups is 1. The van der Waals surface area contributed by atoms with Crippen molar-refractivity contribution in [2.45, 2.75) is 5.92 Å². The summed E-state index contributed by atoms with van der Waals surface area (Å²) in [5.74, 6) is 1.05. The summed E-state index contributed by atoms with van der Waals surface area (Å²) in [7, 11) is 0. The molecule has 27 heavy (non-hydrogen) atoms. The molecule has 136 valence electrons. The van der Waals surface area contributed by atoms with Crippen LogP contribution in [0.3, 0.4) is 0 Å². The van der Waals surface area contributed by atoms with Crippen LogP contribution in [0.2, 0.25) is 0 Å². The van der Waals surface area contributed by atoms with Gasteiger partial charge in [0.2, 0.25) is 0 Å². The summed E-state index contributed by atoms with van der Waals surface area (Å²) in [5.41, 5.74) is 14.2. The molecule has 1 aliphatic rings. The molecular weight excluding hydrogens is 388 g/mol. The van der Waals surface area contributed by atoms with Crippen LogP contribution in [0.5, 0.6) is 0 Å². The minimum Gasteiger partial charge on any atom is -0.383 e. The number of nitro benzene ring substituents is 1. The second-order valence-corrected chi connectivity index (χ2v) is 6.61. The molecule has 0 amide bonds. The van der Waals surface area contributed by atoms with Crippen LogP contribution in [0.15, 0.2) is 24.3 Å². The summed E-state index contributed by atoms with van der Waals surface area (Å²) in [6, 6.07) is 6.12. The van der Waals surface area contributed by atoms with Crippen LogP contribution in [0.1, 0.15) is 22.6 Å². The molecule has 0 fully saturated rings. The molecule has 3 heterocycles. The van der Waals surface area contributed by atoms with Gasteiger partial charge in [0.15, 0.2) is 9.54 Å². The van der Waals surface area contributed by atoms with Gasteiger partial charge in [-0.05, 0) is 30.0 Å². The van der Waals surface area contributed by atoms with Crippen LogP contribution in [0, 0.1) is 19.7 Å². The Morgan fingerprint density at radius 2 is 1.44 bits per heavy atom. The van der Waals surface area contributed by atoms with E-state index < -0.39 is 10.8 Å². The van der Waals surface area contributed by atoms with Crippen molar-refractivity contribution in [3.63, 3.8) is 0 Å². The van der Waals surface area contributed by atoms with Gasteiger partial charge in [-0.15, -0.1) is 0 Å². The summed E-state index contributed by atoms with van der Waals surface area (Å²) in [6.45, 7) is 0. The molecule has 2 aromatic heterocycles. The second kappa shape index (κ2) is 6.10. The monoisotopic (exact) mass is 400 g/mol. The molecule has 0 radical (unpaired) electrons. The summed E-state index contributed by atoms with van der Waals surface area (Å²) < 4.78 is 0.426. The van der Waals surface area contributed by atoms with E-state index in [1.807, 2.05) is 0 Å². The van der Waals surface area contributed by atoms with Crippen molar-refractivity contribution in [3.05, 3.63) is 60.6 Å². The van der Waals surface area contributed by atoms with Crippen LogP contribution in [0.4, 0.5) is 29.0 Å². The van der Waals surface area contributed by atoms with E-state index in [1.165, 1.54) is 12.1 Å². The molecular formula is C15H12N8O2S2. The zero-order valence-corrected chi connectivity index (χ0v) is 15.1. The zero-order valence-electron chi connectivity index (χ0n) is 13.5. The lowest BCUT2D eigenvalue weighted by Crippen LogP contribution is -2.21. The third kappa shape index (κ3) is 2.80. The number of H-pyrrole nitrogens is 2. The predicted molar refractivity (Wildman–Crippen MR) is 105 cm³/mol. The van der Waals surface area contributed by atoms with E-state index >= 15 is 0 Å². The Morgan fingerprint density at radius 1 is 0.963 bits per heavy atom. The predicted octanol–water partition coefficient (Wildman–Crippen LogP) is 2.90. The van der Waals surface area contributed by atoms with E-state index in [2.05, 4.69) is 25.3 Å². The number of rotatable bonds is 2. The quantitative estimate of drug-likeness (QED) is 0.193. The van der Waals surface area contributed by atoms with Gasteiger partial charge in [0, 0.05) is 29.2 Å². The van der Waals surface area contributed by atoms with Crippen LogP contribution < -0.4 is 16.8 Å². The van der Waals surface area contributed by atoms with Gasteiger partial charge in [-0.1, -0.05) is 12.1 Å². The van der Waals surface area contributed by atoms with E-state index in [9.17, 15) is 10.1 Å². The maximum absolute atomic E-state index is 11.0. The average Bonchev–Trinajstić information content (AvgIpc) is 2.59. The smallest absolute Gasteiger partial charge is 0.269 e. The van der Waals surface area contributed by atoms with Gasteiger partial charge in [-0.25, -0.2) is 9.97 Å². The van der Waals surface area contributed by atoms with Crippen molar-refractivity contribution < 1.29 is 4.92 Å². The first kappa shape index (κ1) is 17.1. The van der Waals surface area contributed by atoms with Gasteiger partial charge in [0.05, 0.1) is 4.92 Å². The Bertz CT molecular complexity index is 1140. The van der Waals surface area contributed by atoms with Crippen molar-refractivity contribution in [1.29, 1.82) is 0 Å². The standard InChI is InChI=1S/C15H12N8O2S2/c16-10-8-7(5-1-3-6(4-2-5)23(24)25)9-11(17)19-15(27)22-13(9)20-12(8)21-14(26)18-10/h1-4,7H,(H7,16,17,18,19,20,21,22,26,27). The summed E-state index contributed by atoms with van der Waals surface area (Å²) >= 11 is 10.2. The highest BCUT2D eigenvalue weighted by atomic mass is 32.1. The van der Waals surface area contributed by atoms with Crippen molar-refractivity contribution in [1.82, 2.24) is 19.9 Å². The lowest BCUT2D eigenvalue weighted by molar-refractivity contribution is -0.384. The molecule has 7 N–H and O–H groups in total. The minimum absolute atomic E-state index is 0.0229. The largest absolute Gasteiger partial charge is 0.383 e. The van der Waals surface area contributed by atoms with E-state index in [4.69, 9.17) is 35.9 Å². The van der Waals surface area contributed by atoms with Gasteiger partial charge in [0.25, 0.3) is 5.69 Å². The number of hydrogen-bond acceptors (Lipinski definition) is 9. The third-order valence-electron chi connectivity index (χ3n) is 4.26. The Labute approximate surface area is 161 Å². The van der Waals surface area contributed by atoms with Crippen molar-refractivity contribution in [2.75, 3.05) is 16.8 Å². The number of nitrogens with one attached hydrogen (secondary N) is 3. The van der Waals surface area contributed by atoms with Crippen molar-refractivity contribution in [2.24, 2.45) is 0 Å². The highest BCUT2D eigenvalue weighted by Crippen LogP contribution is 2.46. The fourth-order valence-corrected chi connectivity index (χ4v) is 3.57. The van der Waals surface area contributed by atoms with Crippen molar-refractivity contribution >= 4 is 53.4 Å². The number of non-ortho nitro benzene ring substituents is 1. The number of aromatic amines is 2. The second-order valence-electron chi connectivity index (χ2n) is 5.84. The highest BCUT2D eigenvalue weighted by molar-refractivity contribution is 7.71. The molecule has 3 aromatic rings. The first-order valence-corrected chi connectivity index (χ1v) is 8.47. The number of nitrogens with zero attached hydrogens (tertiary/aromatic N) is 3. The lowest BCUT2D eigenvalue weighted by Gasteiger charge is -2.30. The highest BCUT2D eigenvalue weighted by Gasteiger charge is 2.33. The normalized spacial score (nSPS) is 12.7. The number of fused-ring (bicyclic) bond motifs is 2. The summed E-state index contributed by atoms with van der Waals surface area (Å²) in [6.07, 6.45) is 0. The topological polar surface area (TPSA) is 165 Å². The third-order valence-corrected chi connectivity index (χ3v) is 4.65. The number of hydrogen-bond donors (Lipinski definition) is 5. The Balaban J connectivity index is 2.02. The molecule has 12 heteroatoms. The molecule has 0 aliphatic carbocycles. The Hall–Kier alpha value is -3.38. The van der Waals surface area contributed by atoms with E-state index in [0.717, 1.165) is 5.56 Å². The number of nitrogens with two attached hydrogens (primary N) is 2. The van der Waals surface area contributed by atoms with Crippen LogP contribution >= 0.6 is 24.4 Å². The van der Waals surface area contributed by atoms with Crippen LogP contribution in [-0.2, 0) is 0 Å². The minimum atomic E-state index is -0.476. The molecule has 1 aliphatic heterocycles. The van der Waals surface area contributed by atoms with E-state index in [-0.39, 0.29) is 26.9 Å². The molecule has 0 atom stereocenters. The van der Waals surface area contributed by atoms with E-state index in [1.54, 1.807) is 12.1 Å². The molecule has 0 saturated carbocycles. The molecule has 0 unspecified atom stereocenters. The molecule has 0 saturated heterocycles. The number of benzene rings is 1. The van der Waals surface area contributed by atoms with Gasteiger partial charge >= 0.3 is 0 Å². The van der Waals surface area contributed by atoms with Gasteiger partial charge < -0.3 is 26.8 Å². The average molecular weight is 400 g/mol. The first-order chi connectivity index (χ1) is 12.8. The van der Waals surface area contributed by atoms with Gasteiger partial charge in [-0.2, -0.15) is 0 Å².